The van der Waals surface area contributed by atoms with Crippen LogP contribution in [-0.2, 0) is 10.8 Å². The first kappa shape index (κ1) is 17.9. The number of hydroxylamine groups is 3. The van der Waals surface area contributed by atoms with Crippen molar-refractivity contribution in [2.24, 2.45) is 0 Å². The van der Waals surface area contributed by atoms with Gasteiger partial charge in [-0.2, -0.15) is 0 Å². The van der Waals surface area contributed by atoms with Gasteiger partial charge in [-0.15, -0.1) is 12.4 Å². The molecule has 1 unspecified atom stereocenters. The molecule has 6 heteroatoms. The Bertz CT molecular complexity index is 681. The summed E-state index contributed by atoms with van der Waals surface area (Å²) in [5, 5.41) is 12.2. The van der Waals surface area contributed by atoms with Crippen LogP contribution >= 0.6 is 12.4 Å². The van der Waals surface area contributed by atoms with Crippen molar-refractivity contribution in [2.75, 3.05) is 25.5 Å². The van der Waals surface area contributed by atoms with E-state index in [4.69, 9.17) is 0 Å². The second kappa shape index (κ2) is 6.61. The molecule has 0 N–H and O–H groups in total. The van der Waals surface area contributed by atoms with E-state index in [1.165, 1.54) is 0 Å². The fraction of sp³-hybridized carbons (Fsp3) is 0.294. The van der Waals surface area contributed by atoms with Crippen molar-refractivity contribution in [3.8, 4) is 0 Å². The summed E-state index contributed by atoms with van der Waals surface area (Å²) in [6, 6.07) is 15.3. The van der Waals surface area contributed by atoms with Crippen molar-refractivity contribution in [1.29, 1.82) is 0 Å². The minimum absolute atomic E-state index is 0. The van der Waals surface area contributed by atoms with Gasteiger partial charge in [-0.3, -0.25) is 0 Å². The van der Waals surface area contributed by atoms with E-state index >= 15 is 0 Å². The second-order valence-electron chi connectivity index (χ2n) is 6.10. The predicted octanol–water partition coefficient (Wildman–Crippen LogP) is 3.69. The van der Waals surface area contributed by atoms with Crippen LogP contribution in [0.3, 0.4) is 0 Å². The molecule has 23 heavy (non-hydrogen) atoms. The number of nitrogens with zero attached hydrogens (tertiary/aromatic N) is 2. The van der Waals surface area contributed by atoms with Crippen molar-refractivity contribution in [3.63, 3.8) is 0 Å². The van der Waals surface area contributed by atoms with E-state index in [0.29, 0.717) is 6.54 Å². The number of anilines is 2. The van der Waals surface area contributed by atoms with Crippen LogP contribution < -0.4 is 4.90 Å². The minimum atomic E-state index is -1.17. The molecule has 0 spiro atoms. The zero-order valence-electron chi connectivity index (χ0n) is 13.4. The van der Waals surface area contributed by atoms with Crippen molar-refractivity contribution < 1.29 is 8.86 Å². The molecule has 0 saturated carbocycles. The van der Waals surface area contributed by atoms with Crippen LogP contribution in [0.5, 0.6) is 0 Å². The molecule has 1 atom stereocenters. The molecular weight excluding hydrogens is 332 g/mol. The Morgan fingerprint density at radius 2 is 1.48 bits per heavy atom. The third kappa shape index (κ3) is 3.28. The summed E-state index contributed by atoms with van der Waals surface area (Å²) < 4.78 is 12.4. The molecule has 0 saturated heterocycles. The van der Waals surface area contributed by atoms with Crippen molar-refractivity contribution in [3.05, 3.63) is 53.7 Å². The lowest BCUT2D eigenvalue weighted by atomic mass is 10.2. The maximum absolute atomic E-state index is 12.8. The fourth-order valence-electron chi connectivity index (χ4n) is 2.58. The Kier molecular flexibility index (Phi) is 5.16. The molecule has 0 fully saturated rings. The van der Waals surface area contributed by atoms with Gasteiger partial charge in [-0.05, 0) is 31.2 Å². The Hall–Kier alpha value is -1.40. The number of likely N-dealkylation sites (N-methyl/N-ethyl adjacent to an activating group) is 1. The average Bonchev–Trinajstić information content (AvgIpc) is 2.50. The Morgan fingerprint density at radius 1 is 1.04 bits per heavy atom. The van der Waals surface area contributed by atoms with Gasteiger partial charge >= 0.3 is 0 Å². The first-order valence-corrected chi connectivity index (χ1v) is 8.46. The highest BCUT2D eigenvalue weighted by molar-refractivity contribution is 7.85. The molecule has 1 heterocycles. The number of halogens is 1. The number of hydrogen-bond donors (Lipinski definition) is 0. The summed E-state index contributed by atoms with van der Waals surface area (Å²) in [7, 11) is 2.14. The smallest absolute Gasteiger partial charge is 0.104 e. The van der Waals surface area contributed by atoms with Crippen LogP contribution in [0, 0.1) is 5.21 Å². The maximum atomic E-state index is 12.8. The second-order valence-corrected chi connectivity index (χ2v) is 7.52. The monoisotopic (exact) mass is 352 g/mol. The van der Waals surface area contributed by atoms with Gasteiger partial charge in [0.25, 0.3) is 0 Å². The van der Waals surface area contributed by atoms with E-state index < -0.39 is 10.8 Å². The van der Waals surface area contributed by atoms with Gasteiger partial charge in [-0.25, -0.2) is 4.21 Å². The zero-order valence-corrected chi connectivity index (χ0v) is 15.1. The van der Waals surface area contributed by atoms with Crippen LogP contribution in [0.15, 0.2) is 58.3 Å². The number of benzene rings is 2. The van der Waals surface area contributed by atoms with Crippen molar-refractivity contribution >= 4 is 34.6 Å². The zero-order chi connectivity index (χ0) is 15.9. The molecule has 4 nitrogen and oxygen atoms in total. The lowest BCUT2D eigenvalue weighted by Gasteiger charge is -2.43. The molecule has 0 aromatic heterocycles. The van der Waals surface area contributed by atoms with Gasteiger partial charge in [0.2, 0.25) is 0 Å². The molecule has 2 aromatic carbocycles. The third-order valence-corrected chi connectivity index (χ3v) is 5.71. The normalized spacial score (nSPS) is 15.4. The van der Waals surface area contributed by atoms with Crippen LogP contribution in [0.25, 0.3) is 0 Å². The van der Waals surface area contributed by atoms with Gasteiger partial charge in [0.05, 0.1) is 52.6 Å². The van der Waals surface area contributed by atoms with Crippen LogP contribution in [0.1, 0.15) is 6.92 Å². The van der Waals surface area contributed by atoms with E-state index in [0.717, 1.165) is 21.2 Å². The third-order valence-electron chi connectivity index (χ3n) is 4.22. The maximum Gasteiger partial charge on any atom is 0.104 e. The fourth-order valence-corrected chi connectivity index (χ4v) is 3.96. The molecule has 1 aliphatic rings. The van der Waals surface area contributed by atoms with Gasteiger partial charge in [0.15, 0.2) is 0 Å². The van der Waals surface area contributed by atoms with Crippen LogP contribution in [0.4, 0.5) is 11.4 Å². The first-order chi connectivity index (χ1) is 10.4. The SMILES string of the molecule is CC(CN1c2ccccc2S(=O)c2ccccc21)[N+](C)(C)[O-].Cl. The molecule has 1 aliphatic heterocycles. The summed E-state index contributed by atoms with van der Waals surface area (Å²) in [5.74, 6) is 0. The molecule has 0 radical (unpaired) electrons. The number of fused-ring (bicyclic) bond motifs is 2. The molecule has 0 amide bonds. The highest BCUT2D eigenvalue weighted by Gasteiger charge is 2.30. The summed E-state index contributed by atoms with van der Waals surface area (Å²) in [6.45, 7) is 2.53. The van der Waals surface area contributed by atoms with E-state index in [1.807, 2.05) is 55.5 Å². The number of hydrogen-bond acceptors (Lipinski definition) is 3. The average molecular weight is 353 g/mol. The van der Waals surface area contributed by atoms with Crippen molar-refractivity contribution in [2.45, 2.75) is 22.8 Å². The van der Waals surface area contributed by atoms with Crippen LogP contribution in [0.2, 0.25) is 0 Å². The predicted molar refractivity (Wildman–Crippen MR) is 96.7 cm³/mol. The first-order valence-electron chi connectivity index (χ1n) is 7.31. The standard InChI is InChI=1S/C17H20N2O2S.ClH/c1-13(19(2,3)20)12-18-14-8-4-6-10-16(14)22(21)17-11-7-5-9-15(17)18;/h4-11,13H,12H2,1-3H3;1H. The largest absolute Gasteiger partial charge is 0.633 e. The van der Waals surface area contributed by atoms with E-state index in [1.54, 1.807) is 14.1 Å². The van der Waals surface area contributed by atoms with Crippen molar-refractivity contribution in [1.82, 2.24) is 0 Å². The summed E-state index contributed by atoms with van der Waals surface area (Å²) in [5.41, 5.74) is 1.86. The van der Waals surface area contributed by atoms with Gasteiger partial charge in [0.1, 0.15) is 6.04 Å². The van der Waals surface area contributed by atoms with E-state index in [-0.39, 0.29) is 23.1 Å². The number of rotatable bonds is 3. The summed E-state index contributed by atoms with van der Waals surface area (Å²) in [4.78, 5) is 3.74. The van der Waals surface area contributed by atoms with Crippen LogP contribution in [-0.4, -0.2) is 35.5 Å². The Balaban J connectivity index is 0.00000192. The van der Waals surface area contributed by atoms with E-state index in [2.05, 4.69) is 4.90 Å². The molecule has 0 aliphatic carbocycles. The molecule has 124 valence electrons. The lowest BCUT2D eigenvalue weighted by Crippen LogP contribution is -2.48. The summed E-state index contributed by atoms with van der Waals surface area (Å²) >= 11 is 0. The summed E-state index contributed by atoms with van der Waals surface area (Å²) in [6.07, 6.45) is 0. The highest BCUT2D eigenvalue weighted by atomic mass is 35.5. The quantitative estimate of drug-likeness (QED) is 0.625. The number of quaternary nitrogens is 1. The van der Waals surface area contributed by atoms with Gasteiger partial charge in [0, 0.05) is 0 Å². The molecular formula is C17H21ClN2O2S. The Morgan fingerprint density at radius 3 is 1.91 bits per heavy atom. The molecule has 0 bridgehead atoms. The topological polar surface area (TPSA) is 43.4 Å². The molecule has 3 rings (SSSR count). The van der Waals surface area contributed by atoms with E-state index in [9.17, 15) is 9.42 Å². The highest BCUT2D eigenvalue weighted by Crippen LogP contribution is 2.41. The minimum Gasteiger partial charge on any atom is -0.633 e. The number of para-hydroxylation sites is 2. The van der Waals surface area contributed by atoms with Gasteiger partial charge < -0.3 is 14.8 Å². The van der Waals surface area contributed by atoms with Gasteiger partial charge in [-0.1, -0.05) is 24.3 Å². The molecule has 2 aromatic rings. The lowest BCUT2D eigenvalue weighted by molar-refractivity contribution is -0.862. The Labute approximate surface area is 145 Å².